The number of fused-ring (bicyclic) bond motifs is 1. The van der Waals surface area contributed by atoms with Crippen molar-refractivity contribution in [3.8, 4) is 11.1 Å². The van der Waals surface area contributed by atoms with E-state index in [0.717, 1.165) is 26.2 Å². The van der Waals surface area contributed by atoms with Gasteiger partial charge in [0.2, 0.25) is 5.91 Å². The van der Waals surface area contributed by atoms with Gasteiger partial charge in [-0.05, 0) is 19.4 Å². The minimum Gasteiger partial charge on any atom is -0.480 e. The predicted molar refractivity (Wildman–Crippen MR) is 101 cm³/mol. The summed E-state index contributed by atoms with van der Waals surface area (Å²) in [4.78, 5) is 33.3. The molecule has 3 aromatic rings. The second-order valence-corrected chi connectivity index (χ2v) is 6.93. The molecule has 1 amide bonds. The Morgan fingerprint density at radius 2 is 1.85 bits per heavy atom. The van der Waals surface area contributed by atoms with E-state index < -0.39 is 18.4 Å². The Balaban J connectivity index is 1.97. The Morgan fingerprint density at radius 3 is 2.54 bits per heavy atom. The maximum absolute atomic E-state index is 11.8. The largest absolute Gasteiger partial charge is 0.480 e. The van der Waals surface area contributed by atoms with Crippen molar-refractivity contribution in [1.29, 1.82) is 0 Å². The maximum Gasteiger partial charge on any atom is 0.322 e. The van der Waals surface area contributed by atoms with Crippen LogP contribution < -0.4 is 10.6 Å². The number of carbonyl (C=O) groups excluding carboxylic acids is 1. The number of anilines is 1. The molecule has 0 fully saturated rings. The highest BCUT2D eigenvalue weighted by Crippen LogP contribution is 2.40. The highest BCUT2D eigenvalue weighted by atomic mass is 32.1. The summed E-state index contributed by atoms with van der Waals surface area (Å²) in [5, 5.41) is 14.9. The van der Waals surface area contributed by atoms with Gasteiger partial charge in [0.25, 0.3) is 0 Å². The molecule has 3 N–H and O–H groups in total. The fourth-order valence-corrected chi connectivity index (χ4v) is 3.79. The number of hydrogen-bond donors (Lipinski definition) is 3. The standard InChI is InChI=1S/C18H18N4O3S/c1-10-15(12-6-4-3-5-7-12)16-17(21-11(2)22-18(16)26-10)20-8-13(23)19-9-14(24)25/h3-7H,8-9H2,1-2H3,(H,19,23)(H,24,25)(H,20,21,22). The van der Waals surface area contributed by atoms with Gasteiger partial charge in [0.1, 0.15) is 23.0 Å². The normalized spacial score (nSPS) is 10.7. The van der Waals surface area contributed by atoms with Gasteiger partial charge in [-0.25, -0.2) is 9.97 Å². The first kappa shape index (κ1) is 17.8. The van der Waals surface area contributed by atoms with Gasteiger partial charge < -0.3 is 15.7 Å². The van der Waals surface area contributed by atoms with Gasteiger partial charge in [-0.15, -0.1) is 11.3 Å². The van der Waals surface area contributed by atoms with E-state index in [1.165, 1.54) is 0 Å². The molecule has 0 atom stereocenters. The Hall–Kier alpha value is -3.00. The molecular formula is C18H18N4O3S. The Morgan fingerprint density at radius 1 is 1.12 bits per heavy atom. The van der Waals surface area contributed by atoms with E-state index in [0.29, 0.717) is 11.6 Å². The molecule has 134 valence electrons. The van der Waals surface area contributed by atoms with Gasteiger partial charge >= 0.3 is 5.97 Å². The van der Waals surface area contributed by atoms with Gasteiger partial charge in [-0.2, -0.15) is 0 Å². The Labute approximate surface area is 154 Å². The number of nitrogens with zero attached hydrogens (tertiary/aromatic N) is 2. The van der Waals surface area contributed by atoms with Gasteiger partial charge in [0.05, 0.1) is 11.9 Å². The summed E-state index contributed by atoms with van der Waals surface area (Å²) in [6.07, 6.45) is 0. The van der Waals surface area contributed by atoms with Crippen molar-refractivity contribution >= 4 is 39.2 Å². The number of aryl methyl sites for hydroxylation is 2. The number of amides is 1. The van der Waals surface area contributed by atoms with E-state index in [1.54, 1.807) is 18.3 Å². The monoisotopic (exact) mass is 370 g/mol. The zero-order valence-corrected chi connectivity index (χ0v) is 15.2. The van der Waals surface area contributed by atoms with Crippen LogP contribution >= 0.6 is 11.3 Å². The van der Waals surface area contributed by atoms with Crippen LogP contribution in [0.5, 0.6) is 0 Å². The molecule has 1 aromatic carbocycles. The number of nitrogens with one attached hydrogen (secondary N) is 2. The van der Waals surface area contributed by atoms with Crippen molar-refractivity contribution in [1.82, 2.24) is 15.3 Å². The third-order valence-corrected chi connectivity index (χ3v) is 4.75. The first-order valence-corrected chi connectivity index (χ1v) is 8.83. The van der Waals surface area contributed by atoms with Gasteiger partial charge in [-0.3, -0.25) is 9.59 Å². The molecule has 2 heterocycles. The van der Waals surface area contributed by atoms with Crippen LogP contribution in [0, 0.1) is 13.8 Å². The van der Waals surface area contributed by atoms with Crippen LogP contribution in [0.25, 0.3) is 21.3 Å². The number of thiophene rings is 1. The van der Waals surface area contributed by atoms with E-state index in [4.69, 9.17) is 5.11 Å². The van der Waals surface area contributed by atoms with E-state index in [-0.39, 0.29) is 6.54 Å². The molecule has 8 heteroatoms. The maximum atomic E-state index is 11.8. The summed E-state index contributed by atoms with van der Waals surface area (Å²) >= 11 is 1.58. The van der Waals surface area contributed by atoms with Crippen molar-refractivity contribution in [2.75, 3.05) is 18.4 Å². The molecule has 2 aromatic heterocycles. The van der Waals surface area contributed by atoms with Crippen LogP contribution in [-0.4, -0.2) is 40.0 Å². The van der Waals surface area contributed by atoms with Crippen LogP contribution in [0.3, 0.4) is 0 Å². The minimum absolute atomic E-state index is 0.0675. The fraction of sp³-hybridized carbons (Fsp3) is 0.222. The van der Waals surface area contributed by atoms with E-state index >= 15 is 0 Å². The third kappa shape index (κ3) is 3.80. The van der Waals surface area contributed by atoms with Gasteiger partial charge in [0.15, 0.2) is 0 Å². The molecule has 0 saturated heterocycles. The lowest BCUT2D eigenvalue weighted by molar-refractivity contribution is -0.137. The first-order valence-electron chi connectivity index (χ1n) is 8.01. The number of aromatic nitrogens is 2. The van der Waals surface area contributed by atoms with E-state index in [9.17, 15) is 9.59 Å². The van der Waals surface area contributed by atoms with Crippen molar-refractivity contribution in [2.24, 2.45) is 0 Å². The highest BCUT2D eigenvalue weighted by Gasteiger charge is 2.18. The predicted octanol–water partition coefficient (Wildman–Crippen LogP) is 2.59. The second kappa shape index (κ2) is 7.49. The summed E-state index contributed by atoms with van der Waals surface area (Å²) in [7, 11) is 0. The molecule has 0 aliphatic rings. The third-order valence-electron chi connectivity index (χ3n) is 3.76. The van der Waals surface area contributed by atoms with Crippen molar-refractivity contribution in [3.63, 3.8) is 0 Å². The molecule has 3 rings (SSSR count). The summed E-state index contributed by atoms with van der Waals surface area (Å²) in [6.45, 7) is 3.35. The van der Waals surface area contributed by atoms with Gasteiger partial charge in [0, 0.05) is 10.4 Å². The van der Waals surface area contributed by atoms with Crippen LogP contribution in [0.2, 0.25) is 0 Å². The van der Waals surface area contributed by atoms with Crippen LogP contribution in [0.15, 0.2) is 30.3 Å². The topological polar surface area (TPSA) is 104 Å². The first-order chi connectivity index (χ1) is 12.5. The molecule has 0 aliphatic heterocycles. The molecule has 0 spiro atoms. The molecule has 26 heavy (non-hydrogen) atoms. The lowest BCUT2D eigenvalue weighted by Gasteiger charge is -2.10. The Kier molecular flexibility index (Phi) is 5.13. The molecule has 0 bridgehead atoms. The molecule has 0 unspecified atom stereocenters. The average Bonchev–Trinajstić information content (AvgIpc) is 2.94. The summed E-state index contributed by atoms with van der Waals surface area (Å²) in [5.74, 6) is -0.323. The minimum atomic E-state index is -1.08. The zero-order valence-electron chi connectivity index (χ0n) is 14.4. The van der Waals surface area contributed by atoms with Crippen molar-refractivity contribution < 1.29 is 14.7 Å². The van der Waals surface area contributed by atoms with E-state index in [2.05, 4.69) is 20.6 Å². The number of carbonyl (C=O) groups is 2. The molecular weight excluding hydrogens is 352 g/mol. The zero-order chi connectivity index (χ0) is 18.7. The highest BCUT2D eigenvalue weighted by molar-refractivity contribution is 7.19. The fourth-order valence-electron chi connectivity index (χ4n) is 2.70. The smallest absolute Gasteiger partial charge is 0.322 e. The number of hydrogen-bond acceptors (Lipinski definition) is 6. The van der Waals surface area contributed by atoms with Crippen LogP contribution in [-0.2, 0) is 9.59 Å². The number of carboxylic acid groups (broad SMARTS) is 1. The number of aliphatic carboxylic acids is 1. The van der Waals surface area contributed by atoms with Gasteiger partial charge in [-0.1, -0.05) is 30.3 Å². The summed E-state index contributed by atoms with van der Waals surface area (Å²) in [6, 6.07) is 9.95. The summed E-state index contributed by atoms with van der Waals surface area (Å²) in [5.41, 5.74) is 2.10. The lowest BCUT2D eigenvalue weighted by Crippen LogP contribution is -2.34. The lowest BCUT2D eigenvalue weighted by atomic mass is 10.0. The SMILES string of the molecule is Cc1nc(NCC(=O)NCC(=O)O)c2c(-c3ccccc3)c(C)sc2n1. The molecule has 0 aliphatic carbocycles. The molecule has 0 radical (unpaired) electrons. The average molecular weight is 370 g/mol. The van der Waals surface area contributed by atoms with Crippen molar-refractivity contribution in [3.05, 3.63) is 41.0 Å². The van der Waals surface area contributed by atoms with E-state index in [1.807, 2.05) is 37.3 Å². The summed E-state index contributed by atoms with van der Waals surface area (Å²) < 4.78 is 0. The van der Waals surface area contributed by atoms with Crippen LogP contribution in [0.4, 0.5) is 5.82 Å². The number of benzene rings is 1. The molecule has 0 saturated carbocycles. The number of carboxylic acids is 1. The van der Waals surface area contributed by atoms with Crippen LogP contribution in [0.1, 0.15) is 10.7 Å². The second-order valence-electron chi connectivity index (χ2n) is 5.72. The quantitative estimate of drug-likeness (QED) is 0.616. The number of rotatable bonds is 6. The van der Waals surface area contributed by atoms with Crippen molar-refractivity contribution in [2.45, 2.75) is 13.8 Å². The molecule has 7 nitrogen and oxygen atoms in total. The Bertz CT molecular complexity index is 969.